The summed E-state index contributed by atoms with van der Waals surface area (Å²) in [5.74, 6) is 1.40. The molecule has 4 rings (SSSR count). The summed E-state index contributed by atoms with van der Waals surface area (Å²) in [5, 5.41) is 0. The molecule has 3 aromatic carbocycles. The Kier molecular flexibility index (Phi) is 5.04. The number of rotatable bonds is 5. The maximum atomic E-state index is 13.3. The quantitative estimate of drug-likeness (QED) is 0.552. The third-order valence-electron chi connectivity index (χ3n) is 4.66. The van der Waals surface area contributed by atoms with Gasteiger partial charge < -0.3 is 14.2 Å². The highest BCUT2D eigenvalue weighted by Gasteiger charge is 2.30. The van der Waals surface area contributed by atoms with Crippen LogP contribution in [0, 0.1) is 12.7 Å². The number of methoxy groups -OCH3 is 1. The first-order valence-corrected chi connectivity index (χ1v) is 9.14. The molecule has 1 aliphatic heterocycles. The van der Waals surface area contributed by atoms with E-state index in [-0.39, 0.29) is 24.0 Å². The first-order valence-electron chi connectivity index (χ1n) is 9.14. The Balaban J connectivity index is 1.59. The standard InChI is InChI=1S/C24H19FO4/c1-15-10-19(28-14-16-6-5-8-18(25)11-16)13-21-23(15)24(26)22(29-21)12-17-7-3-4-9-20(17)27-2/h3-13H,14H2,1-2H3/b22-12-. The highest BCUT2D eigenvalue weighted by Crippen LogP contribution is 2.38. The molecule has 0 amide bonds. The number of ether oxygens (including phenoxy) is 3. The monoisotopic (exact) mass is 390 g/mol. The van der Waals surface area contributed by atoms with Crippen LogP contribution in [0.1, 0.15) is 27.0 Å². The van der Waals surface area contributed by atoms with Crippen LogP contribution in [0.5, 0.6) is 17.2 Å². The summed E-state index contributed by atoms with van der Waals surface area (Å²) in [6.45, 7) is 2.05. The molecule has 3 aromatic rings. The predicted molar refractivity (Wildman–Crippen MR) is 108 cm³/mol. The molecule has 4 nitrogen and oxygen atoms in total. The summed E-state index contributed by atoms with van der Waals surface area (Å²) in [6, 6.07) is 17.1. The molecule has 0 unspecified atom stereocenters. The number of hydrogen-bond acceptors (Lipinski definition) is 4. The first-order chi connectivity index (χ1) is 14.0. The van der Waals surface area contributed by atoms with E-state index in [1.165, 1.54) is 12.1 Å². The summed E-state index contributed by atoms with van der Waals surface area (Å²) in [6.07, 6.45) is 1.67. The molecular weight excluding hydrogens is 371 g/mol. The average molecular weight is 390 g/mol. The molecule has 0 spiro atoms. The highest BCUT2D eigenvalue weighted by molar-refractivity contribution is 6.15. The van der Waals surface area contributed by atoms with E-state index in [0.29, 0.717) is 22.8 Å². The van der Waals surface area contributed by atoms with Gasteiger partial charge in [-0.05, 0) is 48.4 Å². The number of fused-ring (bicyclic) bond motifs is 1. The number of allylic oxidation sites excluding steroid dienone is 1. The van der Waals surface area contributed by atoms with Gasteiger partial charge in [0.2, 0.25) is 5.78 Å². The van der Waals surface area contributed by atoms with E-state index in [1.54, 1.807) is 37.5 Å². The van der Waals surface area contributed by atoms with Gasteiger partial charge in [0.15, 0.2) is 5.76 Å². The van der Waals surface area contributed by atoms with Gasteiger partial charge in [0.05, 0.1) is 12.7 Å². The van der Waals surface area contributed by atoms with Crippen molar-refractivity contribution in [2.45, 2.75) is 13.5 Å². The summed E-state index contributed by atoms with van der Waals surface area (Å²) in [5.41, 5.74) is 2.75. The SMILES string of the molecule is COc1ccccc1/C=C1\Oc2cc(OCc3cccc(F)c3)cc(C)c2C1=O. The molecule has 0 saturated heterocycles. The van der Waals surface area contributed by atoms with Crippen molar-refractivity contribution in [3.63, 3.8) is 0 Å². The van der Waals surface area contributed by atoms with Gasteiger partial charge in [-0.25, -0.2) is 4.39 Å². The van der Waals surface area contributed by atoms with Gasteiger partial charge >= 0.3 is 0 Å². The molecule has 146 valence electrons. The zero-order chi connectivity index (χ0) is 20.4. The van der Waals surface area contributed by atoms with Crippen molar-refractivity contribution >= 4 is 11.9 Å². The number of aryl methyl sites for hydroxylation is 1. The van der Waals surface area contributed by atoms with Crippen molar-refractivity contribution in [1.82, 2.24) is 0 Å². The molecule has 0 aliphatic carbocycles. The lowest BCUT2D eigenvalue weighted by atomic mass is 10.0. The van der Waals surface area contributed by atoms with Gasteiger partial charge in [-0.1, -0.05) is 30.3 Å². The fourth-order valence-electron chi connectivity index (χ4n) is 3.28. The van der Waals surface area contributed by atoms with E-state index in [0.717, 1.165) is 16.7 Å². The molecule has 1 aliphatic rings. The third kappa shape index (κ3) is 3.85. The minimum absolute atomic E-state index is 0.180. The number of ketones is 1. The lowest BCUT2D eigenvalue weighted by molar-refractivity contribution is 0.101. The Hall–Kier alpha value is -3.60. The second-order valence-corrected chi connectivity index (χ2v) is 6.71. The molecule has 0 bridgehead atoms. The number of carbonyl (C=O) groups is 1. The zero-order valence-corrected chi connectivity index (χ0v) is 16.1. The molecule has 0 radical (unpaired) electrons. The number of halogens is 1. The molecule has 0 saturated carbocycles. The minimum atomic E-state index is -0.309. The topological polar surface area (TPSA) is 44.8 Å². The molecule has 5 heteroatoms. The Morgan fingerprint density at radius 1 is 1.07 bits per heavy atom. The number of para-hydroxylation sites is 1. The summed E-state index contributed by atoms with van der Waals surface area (Å²) in [7, 11) is 1.58. The van der Waals surface area contributed by atoms with Gasteiger partial charge in [0.25, 0.3) is 0 Å². The Bertz CT molecular complexity index is 1120. The zero-order valence-electron chi connectivity index (χ0n) is 16.1. The number of benzene rings is 3. The van der Waals surface area contributed by atoms with E-state index in [1.807, 2.05) is 31.2 Å². The van der Waals surface area contributed by atoms with Crippen molar-refractivity contribution < 1.29 is 23.4 Å². The largest absolute Gasteiger partial charge is 0.496 e. The van der Waals surface area contributed by atoms with Crippen LogP contribution < -0.4 is 14.2 Å². The van der Waals surface area contributed by atoms with E-state index in [9.17, 15) is 9.18 Å². The van der Waals surface area contributed by atoms with Gasteiger partial charge in [0.1, 0.15) is 29.7 Å². The summed E-state index contributed by atoms with van der Waals surface area (Å²) < 4.78 is 30.3. The summed E-state index contributed by atoms with van der Waals surface area (Å²) >= 11 is 0. The van der Waals surface area contributed by atoms with E-state index in [4.69, 9.17) is 14.2 Å². The van der Waals surface area contributed by atoms with Crippen LogP contribution in [0.15, 0.2) is 66.4 Å². The second-order valence-electron chi connectivity index (χ2n) is 6.71. The van der Waals surface area contributed by atoms with Crippen molar-refractivity contribution in [1.29, 1.82) is 0 Å². The number of carbonyl (C=O) groups excluding carboxylic acids is 1. The van der Waals surface area contributed by atoms with E-state index in [2.05, 4.69) is 0 Å². The predicted octanol–water partition coefficient (Wildman–Crippen LogP) is 5.34. The molecule has 1 heterocycles. The number of Topliss-reactive ketones (excluding diaryl/α,β-unsaturated/α-hetero) is 1. The molecule has 29 heavy (non-hydrogen) atoms. The van der Waals surface area contributed by atoms with Crippen LogP contribution in [0.2, 0.25) is 0 Å². The Labute approximate surface area is 168 Å². The van der Waals surface area contributed by atoms with Crippen molar-refractivity contribution in [3.05, 3.63) is 94.5 Å². The lowest BCUT2D eigenvalue weighted by Crippen LogP contribution is -2.00. The van der Waals surface area contributed by atoms with Crippen LogP contribution in [0.3, 0.4) is 0 Å². The molecule has 0 N–H and O–H groups in total. The van der Waals surface area contributed by atoms with Gasteiger partial charge in [0, 0.05) is 11.6 Å². The third-order valence-corrected chi connectivity index (χ3v) is 4.66. The van der Waals surface area contributed by atoms with Crippen LogP contribution in [-0.4, -0.2) is 12.9 Å². The minimum Gasteiger partial charge on any atom is -0.496 e. The maximum Gasteiger partial charge on any atom is 0.232 e. The lowest BCUT2D eigenvalue weighted by Gasteiger charge is -2.09. The van der Waals surface area contributed by atoms with Gasteiger partial charge in [-0.3, -0.25) is 4.79 Å². The van der Waals surface area contributed by atoms with E-state index >= 15 is 0 Å². The fourth-order valence-corrected chi connectivity index (χ4v) is 3.28. The van der Waals surface area contributed by atoms with E-state index < -0.39 is 0 Å². The highest BCUT2D eigenvalue weighted by atomic mass is 19.1. The van der Waals surface area contributed by atoms with Crippen LogP contribution in [0.25, 0.3) is 6.08 Å². The normalized spacial score (nSPS) is 13.9. The van der Waals surface area contributed by atoms with Crippen molar-refractivity contribution in [3.8, 4) is 17.2 Å². The fraction of sp³-hybridized carbons (Fsp3) is 0.125. The number of hydrogen-bond donors (Lipinski definition) is 0. The molecule has 0 fully saturated rings. The molecular formula is C24H19FO4. The van der Waals surface area contributed by atoms with Crippen molar-refractivity contribution in [2.24, 2.45) is 0 Å². The molecule has 0 aromatic heterocycles. The van der Waals surface area contributed by atoms with Crippen LogP contribution in [-0.2, 0) is 6.61 Å². The second kappa shape index (κ2) is 7.80. The average Bonchev–Trinajstić information content (AvgIpc) is 3.02. The summed E-state index contributed by atoms with van der Waals surface area (Å²) in [4.78, 5) is 12.8. The molecule has 0 atom stereocenters. The van der Waals surface area contributed by atoms with Crippen LogP contribution in [0.4, 0.5) is 4.39 Å². The smallest absolute Gasteiger partial charge is 0.232 e. The Morgan fingerprint density at radius 2 is 1.90 bits per heavy atom. The van der Waals surface area contributed by atoms with Gasteiger partial charge in [-0.15, -0.1) is 0 Å². The first kappa shape index (κ1) is 18.7. The van der Waals surface area contributed by atoms with Crippen LogP contribution >= 0.6 is 0 Å². The Morgan fingerprint density at radius 3 is 2.69 bits per heavy atom. The maximum absolute atomic E-state index is 13.3. The van der Waals surface area contributed by atoms with Gasteiger partial charge in [-0.2, -0.15) is 0 Å². The van der Waals surface area contributed by atoms with Crippen molar-refractivity contribution in [2.75, 3.05) is 7.11 Å².